The lowest BCUT2D eigenvalue weighted by Crippen LogP contribution is -2.27. The smallest absolute Gasteiger partial charge is 0.408 e. The highest BCUT2D eigenvalue weighted by molar-refractivity contribution is 6.50. The van der Waals surface area contributed by atoms with Crippen molar-refractivity contribution in [1.29, 1.82) is 0 Å². The van der Waals surface area contributed by atoms with Crippen LogP contribution in [0.15, 0.2) is 12.1 Å². The van der Waals surface area contributed by atoms with E-state index in [1.54, 1.807) is 0 Å². The third kappa shape index (κ3) is 5.45. The number of allylic oxidation sites excluding steroid dienone is 1. The zero-order valence-electron chi connectivity index (χ0n) is 9.21. The fourth-order valence-electron chi connectivity index (χ4n) is 1.51. The minimum Gasteiger partial charge on any atom is -0.408 e. The number of hydrogen-bond acceptors (Lipinski definition) is 2. The van der Waals surface area contributed by atoms with E-state index >= 15 is 0 Å². The van der Waals surface area contributed by atoms with Gasteiger partial charge < -0.3 is 9.31 Å². The molecule has 0 aromatic rings. The molecule has 0 N–H and O–H groups in total. The Kier molecular flexibility index (Phi) is 6.80. The van der Waals surface area contributed by atoms with E-state index in [4.69, 9.17) is 9.31 Å². The maximum absolute atomic E-state index is 5.40. The van der Waals surface area contributed by atoms with Gasteiger partial charge in [0.1, 0.15) is 0 Å². The molecule has 0 bridgehead atoms. The second kappa shape index (κ2) is 8.07. The summed E-state index contributed by atoms with van der Waals surface area (Å²) in [6.07, 6.45) is 9.66. The maximum atomic E-state index is 5.40. The summed E-state index contributed by atoms with van der Waals surface area (Å²) < 4.78 is 10.8. The van der Waals surface area contributed by atoms with E-state index in [1.165, 1.54) is 25.7 Å². The topological polar surface area (TPSA) is 18.5 Å². The lowest BCUT2D eigenvalue weighted by atomic mass is 9.88. The molecule has 0 spiro atoms. The van der Waals surface area contributed by atoms with Gasteiger partial charge in [-0.1, -0.05) is 38.2 Å². The summed E-state index contributed by atoms with van der Waals surface area (Å²) in [5, 5.41) is 0. The van der Waals surface area contributed by atoms with E-state index in [1.807, 2.05) is 5.98 Å². The summed E-state index contributed by atoms with van der Waals surface area (Å²) in [7, 11) is -0.0741. The molecule has 14 heavy (non-hydrogen) atoms. The van der Waals surface area contributed by atoms with E-state index in [9.17, 15) is 0 Å². The fourth-order valence-corrected chi connectivity index (χ4v) is 1.51. The molecule has 1 heterocycles. The number of unbranched alkanes of at least 4 members (excludes halogenated alkanes) is 4. The molecule has 0 atom stereocenters. The Bertz CT molecular complexity index is 153. The van der Waals surface area contributed by atoms with Crippen LogP contribution in [0.25, 0.3) is 0 Å². The van der Waals surface area contributed by atoms with Gasteiger partial charge in [-0.25, -0.2) is 0 Å². The van der Waals surface area contributed by atoms with Crippen LogP contribution in [0.3, 0.4) is 0 Å². The predicted octanol–water partition coefficient (Wildman–Crippen LogP) is 2.98. The van der Waals surface area contributed by atoms with Crippen molar-refractivity contribution in [3.8, 4) is 0 Å². The third-order valence-corrected chi connectivity index (χ3v) is 2.37. The third-order valence-electron chi connectivity index (χ3n) is 2.37. The molecule has 0 aliphatic carbocycles. The van der Waals surface area contributed by atoms with Crippen molar-refractivity contribution in [2.45, 2.75) is 45.4 Å². The summed E-state index contributed by atoms with van der Waals surface area (Å²) in [6, 6.07) is 0. The van der Waals surface area contributed by atoms with Crippen molar-refractivity contribution in [3.63, 3.8) is 0 Å². The summed E-state index contributed by atoms with van der Waals surface area (Å²) in [5.74, 6) is 2.05. The summed E-state index contributed by atoms with van der Waals surface area (Å²) in [6.45, 7) is 3.91. The second-order valence-corrected chi connectivity index (χ2v) is 3.74. The first-order valence-electron chi connectivity index (χ1n) is 5.83. The Balaban J connectivity index is 1.96. The minimum atomic E-state index is -0.0741. The Labute approximate surface area is 87.8 Å². The summed E-state index contributed by atoms with van der Waals surface area (Å²) in [4.78, 5) is 0. The van der Waals surface area contributed by atoms with Gasteiger partial charge in [0.05, 0.1) is 0 Å². The molecule has 1 rings (SSSR count). The van der Waals surface area contributed by atoms with Gasteiger partial charge in [0.2, 0.25) is 0 Å². The van der Waals surface area contributed by atoms with E-state index in [0.717, 1.165) is 26.1 Å². The van der Waals surface area contributed by atoms with Gasteiger partial charge in [0.15, 0.2) is 0 Å². The van der Waals surface area contributed by atoms with E-state index in [-0.39, 0.29) is 7.12 Å². The van der Waals surface area contributed by atoms with E-state index < -0.39 is 0 Å². The lowest BCUT2D eigenvalue weighted by molar-refractivity contribution is 0.142. The normalized spacial score (nSPS) is 17.9. The quantitative estimate of drug-likeness (QED) is 0.480. The Morgan fingerprint density at radius 2 is 1.93 bits per heavy atom. The molecule has 0 aromatic carbocycles. The molecule has 1 aliphatic heterocycles. The molecule has 1 fully saturated rings. The standard InChI is InChI=1S/C11H21BO2/c1-2-3-4-5-6-7-9-12-13-10-8-11-14-12/h7,9H,2-6,8,10-11H2,1H3/b9-7-. The van der Waals surface area contributed by atoms with Crippen molar-refractivity contribution in [2.24, 2.45) is 0 Å². The van der Waals surface area contributed by atoms with Crippen LogP contribution >= 0.6 is 0 Å². The first-order chi connectivity index (χ1) is 6.93. The zero-order chi connectivity index (χ0) is 10.1. The molecule has 80 valence electrons. The van der Waals surface area contributed by atoms with Crippen LogP contribution in [-0.4, -0.2) is 20.3 Å². The largest absolute Gasteiger partial charge is 0.485 e. The highest BCUT2D eigenvalue weighted by Gasteiger charge is 2.17. The molecule has 3 heteroatoms. The van der Waals surface area contributed by atoms with Crippen molar-refractivity contribution < 1.29 is 9.31 Å². The maximum Gasteiger partial charge on any atom is 0.485 e. The van der Waals surface area contributed by atoms with Gasteiger partial charge in [-0.3, -0.25) is 0 Å². The van der Waals surface area contributed by atoms with Crippen molar-refractivity contribution in [3.05, 3.63) is 12.1 Å². The monoisotopic (exact) mass is 196 g/mol. The van der Waals surface area contributed by atoms with Crippen LogP contribution in [0, 0.1) is 0 Å². The Hall–Kier alpha value is -0.275. The van der Waals surface area contributed by atoms with Crippen molar-refractivity contribution in [2.75, 3.05) is 13.2 Å². The lowest BCUT2D eigenvalue weighted by Gasteiger charge is -2.16. The molecule has 0 radical (unpaired) electrons. The van der Waals surface area contributed by atoms with E-state index in [2.05, 4.69) is 13.0 Å². The van der Waals surface area contributed by atoms with Gasteiger partial charge in [-0.15, -0.1) is 0 Å². The van der Waals surface area contributed by atoms with Gasteiger partial charge >= 0.3 is 7.12 Å². The second-order valence-electron chi connectivity index (χ2n) is 3.74. The molecule has 0 saturated carbocycles. The number of rotatable bonds is 6. The predicted molar refractivity (Wildman–Crippen MR) is 60.2 cm³/mol. The first kappa shape index (κ1) is 11.8. The van der Waals surface area contributed by atoms with Crippen LogP contribution in [0.5, 0.6) is 0 Å². The van der Waals surface area contributed by atoms with Gasteiger partial charge in [0.25, 0.3) is 0 Å². The van der Waals surface area contributed by atoms with Crippen LogP contribution in [0.1, 0.15) is 45.4 Å². The summed E-state index contributed by atoms with van der Waals surface area (Å²) in [5.41, 5.74) is 0. The molecule has 2 nitrogen and oxygen atoms in total. The van der Waals surface area contributed by atoms with Crippen LogP contribution in [0.4, 0.5) is 0 Å². The zero-order valence-corrected chi connectivity index (χ0v) is 9.21. The highest BCUT2D eigenvalue weighted by Crippen LogP contribution is 2.05. The first-order valence-corrected chi connectivity index (χ1v) is 5.83. The van der Waals surface area contributed by atoms with Crippen molar-refractivity contribution in [1.82, 2.24) is 0 Å². The van der Waals surface area contributed by atoms with Gasteiger partial charge in [-0.05, 0) is 19.3 Å². The molecule has 0 unspecified atom stereocenters. The van der Waals surface area contributed by atoms with Crippen molar-refractivity contribution >= 4 is 7.12 Å². The fraction of sp³-hybridized carbons (Fsp3) is 0.818. The molecular weight excluding hydrogens is 175 g/mol. The SMILES string of the molecule is CCCCCC/C=C\B1OCCCO1. The molecular formula is C11H21BO2. The minimum absolute atomic E-state index is 0.0741. The van der Waals surface area contributed by atoms with Crippen LogP contribution in [-0.2, 0) is 9.31 Å². The van der Waals surface area contributed by atoms with Crippen LogP contribution in [0.2, 0.25) is 0 Å². The summed E-state index contributed by atoms with van der Waals surface area (Å²) >= 11 is 0. The Morgan fingerprint density at radius 3 is 2.64 bits per heavy atom. The molecule has 0 aromatic heterocycles. The average Bonchev–Trinajstić information content (AvgIpc) is 2.25. The van der Waals surface area contributed by atoms with Crippen LogP contribution < -0.4 is 0 Å². The molecule has 1 aliphatic rings. The highest BCUT2D eigenvalue weighted by atomic mass is 16.6. The number of hydrogen-bond donors (Lipinski definition) is 0. The molecule has 1 saturated heterocycles. The van der Waals surface area contributed by atoms with E-state index in [0.29, 0.717) is 0 Å². The van der Waals surface area contributed by atoms with Gasteiger partial charge in [-0.2, -0.15) is 0 Å². The average molecular weight is 196 g/mol. The van der Waals surface area contributed by atoms with Gasteiger partial charge in [0, 0.05) is 13.2 Å². The Morgan fingerprint density at radius 1 is 1.14 bits per heavy atom. The molecule has 0 amide bonds.